The summed E-state index contributed by atoms with van der Waals surface area (Å²) in [6, 6.07) is 12.5. The summed E-state index contributed by atoms with van der Waals surface area (Å²) in [7, 11) is 2.00. The normalized spacial score (nSPS) is 13.0. The van der Waals surface area contributed by atoms with Gasteiger partial charge in [0, 0.05) is 5.56 Å². The fourth-order valence-electron chi connectivity index (χ4n) is 4.97. The average molecular weight is 498 g/mol. The van der Waals surface area contributed by atoms with Crippen molar-refractivity contribution >= 4 is 11.8 Å². The fourth-order valence-corrected chi connectivity index (χ4v) is 4.97. The van der Waals surface area contributed by atoms with Crippen molar-refractivity contribution in [1.29, 1.82) is 0 Å². The van der Waals surface area contributed by atoms with Crippen LogP contribution in [0.1, 0.15) is 111 Å². The molecular weight excluding hydrogens is 453 g/mol. The Balaban J connectivity index is 2.06. The zero-order chi connectivity index (χ0) is 26.4. The van der Waals surface area contributed by atoms with Crippen molar-refractivity contribution in [2.45, 2.75) is 96.4 Å². The number of Topliss-reactive ketones (excluding diaryl/α,β-unsaturated/α-hetero) is 1. The molecule has 0 aliphatic carbocycles. The maximum Gasteiger partial charge on any atom is 0.335 e. The molecule has 1 unspecified atom stereocenters. The third kappa shape index (κ3) is 8.85. The molecule has 2 aromatic rings. The minimum absolute atomic E-state index is 0.0260. The molecule has 1 N–H and O–H groups in total. The van der Waals surface area contributed by atoms with Crippen LogP contribution < -0.4 is 0 Å². The molecule has 0 spiro atoms. The highest BCUT2D eigenvalue weighted by Gasteiger charge is 2.41. The summed E-state index contributed by atoms with van der Waals surface area (Å²) in [5.41, 5.74) is 0.842. The molecule has 2 aromatic carbocycles. The lowest BCUT2D eigenvalue weighted by Crippen LogP contribution is -2.54. The number of hydrogen-bond donors (Lipinski definition) is 1. The van der Waals surface area contributed by atoms with Crippen LogP contribution in [0.4, 0.5) is 4.39 Å². The first kappa shape index (κ1) is 29.7. The Hall–Kier alpha value is -2.53. The molecule has 0 heterocycles. The number of carboxylic acid groups (broad SMARTS) is 1. The van der Waals surface area contributed by atoms with Crippen LogP contribution in [0, 0.1) is 5.82 Å². The molecule has 4 nitrogen and oxygen atoms in total. The smallest absolute Gasteiger partial charge is 0.335 e. The summed E-state index contributed by atoms with van der Waals surface area (Å²) in [5.74, 6) is -1.36. The van der Waals surface area contributed by atoms with E-state index in [2.05, 4.69) is 11.8 Å². The van der Waals surface area contributed by atoms with E-state index >= 15 is 0 Å². The van der Waals surface area contributed by atoms with Crippen molar-refractivity contribution in [2.24, 2.45) is 0 Å². The minimum atomic E-state index is -0.969. The summed E-state index contributed by atoms with van der Waals surface area (Å²) >= 11 is 0. The quantitative estimate of drug-likeness (QED) is 0.168. The van der Waals surface area contributed by atoms with E-state index in [1.807, 2.05) is 14.0 Å². The number of rotatable bonds is 18. The third-order valence-electron chi connectivity index (χ3n) is 7.39. The van der Waals surface area contributed by atoms with E-state index in [0.29, 0.717) is 18.4 Å². The van der Waals surface area contributed by atoms with Crippen LogP contribution in [0.3, 0.4) is 0 Å². The summed E-state index contributed by atoms with van der Waals surface area (Å²) in [6.45, 7) is 5.05. The molecule has 0 aromatic heterocycles. The molecule has 198 valence electrons. The number of unbranched alkanes of at least 4 members (excludes halogenated alkanes) is 9. The monoisotopic (exact) mass is 497 g/mol. The van der Waals surface area contributed by atoms with Crippen LogP contribution in [0.25, 0.3) is 0 Å². The van der Waals surface area contributed by atoms with Crippen molar-refractivity contribution in [2.75, 3.05) is 13.6 Å². The zero-order valence-corrected chi connectivity index (χ0v) is 22.4. The van der Waals surface area contributed by atoms with Gasteiger partial charge < -0.3 is 5.11 Å². The first-order valence-electron chi connectivity index (χ1n) is 13.7. The van der Waals surface area contributed by atoms with Crippen LogP contribution in [-0.4, -0.2) is 40.9 Å². The Morgan fingerprint density at radius 3 is 1.78 bits per heavy atom. The fraction of sp³-hybridized carbons (Fsp3) is 0.548. The van der Waals surface area contributed by atoms with Gasteiger partial charge in [-0.3, -0.25) is 9.69 Å². The molecule has 1 atom stereocenters. The van der Waals surface area contributed by atoms with Crippen LogP contribution in [0.15, 0.2) is 48.5 Å². The summed E-state index contributed by atoms with van der Waals surface area (Å²) in [4.78, 5) is 27.3. The van der Waals surface area contributed by atoms with Gasteiger partial charge in [0.1, 0.15) is 5.82 Å². The number of likely N-dealkylation sites (N-methyl/N-ethyl adjacent to an activating group) is 1. The number of halogens is 1. The van der Waals surface area contributed by atoms with Gasteiger partial charge >= 0.3 is 5.97 Å². The van der Waals surface area contributed by atoms with E-state index in [-0.39, 0.29) is 17.2 Å². The molecule has 36 heavy (non-hydrogen) atoms. The summed E-state index contributed by atoms with van der Waals surface area (Å²) < 4.78 is 13.5. The van der Waals surface area contributed by atoms with Crippen molar-refractivity contribution in [3.05, 3.63) is 71.0 Å². The van der Waals surface area contributed by atoms with E-state index in [9.17, 15) is 19.1 Å². The Morgan fingerprint density at radius 1 is 0.778 bits per heavy atom. The Kier molecular flexibility index (Phi) is 12.8. The second kappa shape index (κ2) is 15.6. The summed E-state index contributed by atoms with van der Waals surface area (Å²) in [5, 5.41) is 9.23. The van der Waals surface area contributed by atoms with Gasteiger partial charge in [0.05, 0.1) is 11.1 Å². The standard InChI is InChI=1S/C31H44FNO3/c1-4-6-7-8-9-10-11-12-13-14-23-33(3)31(5-2,29(34)26-19-21-28(32)22-20-26)24-25-15-17-27(18-16-25)30(35)36/h15-22H,4-14,23-24H2,1-3H3,(H,35,36). The Labute approximate surface area is 216 Å². The summed E-state index contributed by atoms with van der Waals surface area (Å²) in [6.07, 6.45) is 13.6. The van der Waals surface area contributed by atoms with E-state index in [1.54, 1.807) is 36.4 Å². The molecule has 2 rings (SSSR count). The first-order chi connectivity index (χ1) is 17.3. The average Bonchev–Trinajstić information content (AvgIpc) is 2.88. The highest BCUT2D eigenvalue weighted by molar-refractivity contribution is 6.03. The molecule has 0 amide bonds. The van der Waals surface area contributed by atoms with Crippen LogP contribution >= 0.6 is 0 Å². The first-order valence-corrected chi connectivity index (χ1v) is 13.7. The molecule has 0 aliphatic rings. The van der Waals surface area contributed by atoms with Gasteiger partial charge in [0.25, 0.3) is 0 Å². The second-order valence-electron chi connectivity index (χ2n) is 10.0. The van der Waals surface area contributed by atoms with Gasteiger partial charge in [-0.15, -0.1) is 0 Å². The largest absolute Gasteiger partial charge is 0.478 e. The predicted octanol–water partition coefficient (Wildman–Crippen LogP) is 7.95. The van der Waals surface area contributed by atoms with Gasteiger partial charge in [0.2, 0.25) is 0 Å². The third-order valence-corrected chi connectivity index (χ3v) is 7.39. The lowest BCUT2D eigenvalue weighted by molar-refractivity contribution is 0.0594. The van der Waals surface area contributed by atoms with Gasteiger partial charge in [-0.05, 0) is 74.8 Å². The minimum Gasteiger partial charge on any atom is -0.478 e. The molecule has 0 bridgehead atoms. The number of carbonyl (C=O) groups is 2. The number of nitrogens with zero attached hydrogens (tertiary/aromatic N) is 1. The number of carboxylic acids is 1. The van der Waals surface area contributed by atoms with Crippen LogP contribution in [0.5, 0.6) is 0 Å². The number of aromatic carboxylic acids is 1. The van der Waals surface area contributed by atoms with E-state index in [4.69, 9.17) is 0 Å². The molecule has 0 aliphatic heterocycles. The van der Waals surface area contributed by atoms with Crippen molar-refractivity contribution in [3.8, 4) is 0 Å². The maximum absolute atomic E-state index is 13.9. The van der Waals surface area contributed by atoms with Crippen molar-refractivity contribution in [3.63, 3.8) is 0 Å². The number of hydrogen-bond acceptors (Lipinski definition) is 3. The zero-order valence-electron chi connectivity index (χ0n) is 22.4. The van der Waals surface area contributed by atoms with Gasteiger partial charge in [-0.1, -0.05) is 83.8 Å². The lowest BCUT2D eigenvalue weighted by atomic mass is 9.79. The van der Waals surface area contributed by atoms with E-state index in [0.717, 1.165) is 24.9 Å². The van der Waals surface area contributed by atoms with Gasteiger partial charge in [-0.2, -0.15) is 0 Å². The molecule has 0 fully saturated rings. The molecule has 5 heteroatoms. The number of benzene rings is 2. The van der Waals surface area contributed by atoms with Crippen LogP contribution in [0.2, 0.25) is 0 Å². The second-order valence-corrected chi connectivity index (χ2v) is 10.0. The van der Waals surface area contributed by atoms with Gasteiger partial charge in [-0.25, -0.2) is 9.18 Å². The molecule has 0 saturated carbocycles. The molecular formula is C31H44FNO3. The predicted molar refractivity (Wildman–Crippen MR) is 145 cm³/mol. The van der Waals surface area contributed by atoms with Crippen LogP contribution in [-0.2, 0) is 6.42 Å². The highest BCUT2D eigenvalue weighted by Crippen LogP contribution is 2.30. The van der Waals surface area contributed by atoms with E-state index in [1.165, 1.54) is 63.5 Å². The SMILES string of the molecule is CCCCCCCCCCCCN(C)C(CC)(Cc1ccc(C(=O)O)cc1)C(=O)c1ccc(F)cc1. The Morgan fingerprint density at radius 2 is 1.28 bits per heavy atom. The molecule has 0 radical (unpaired) electrons. The van der Waals surface area contributed by atoms with E-state index < -0.39 is 11.5 Å². The topological polar surface area (TPSA) is 57.6 Å². The lowest BCUT2D eigenvalue weighted by Gasteiger charge is -2.40. The molecule has 0 saturated heterocycles. The number of carbonyl (C=O) groups excluding carboxylic acids is 1. The highest BCUT2D eigenvalue weighted by atomic mass is 19.1. The number of ketones is 1. The van der Waals surface area contributed by atoms with Crippen molar-refractivity contribution < 1.29 is 19.1 Å². The van der Waals surface area contributed by atoms with Crippen molar-refractivity contribution in [1.82, 2.24) is 4.90 Å². The van der Waals surface area contributed by atoms with Gasteiger partial charge in [0.15, 0.2) is 5.78 Å². The maximum atomic E-state index is 13.9. The Bertz CT molecular complexity index is 926.